The minimum Gasteiger partial charge on any atom is -0.329 e. The summed E-state index contributed by atoms with van der Waals surface area (Å²) in [5, 5.41) is 0. The van der Waals surface area contributed by atoms with E-state index < -0.39 is 22.6 Å². The van der Waals surface area contributed by atoms with Gasteiger partial charge in [0.25, 0.3) is 0 Å². The van der Waals surface area contributed by atoms with Crippen LogP contribution in [0.5, 0.6) is 0 Å². The maximum absolute atomic E-state index is 12.2. The first kappa shape index (κ1) is 16.7. The molecule has 0 saturated heterocycles. The Kier molecular flexibility index (Phi) is 7.03. The maximum atomic E-state index is 12.2. The Morgan fingerprint density at radius 1 is 1.18 bits per heavy atom. The predicted molar refractivity (Wildman–Crippen MR) is 60.5 cm³/mol. The van der Waals surface area contributed by atoms with Gasteiger partial charge in [0.2, 0.25) is 0 Å². The number of rotatable bonds is 8. The molecular formula is C9H19F3N2O2S. The van der Waals surface area contributed by atoms with Gasteiger partial charge in [-0.3, -0.25) is 4.90 Å². The molecule has 0 bridgehead atoms. The Morgan fingerprint density at radius 2 is 1.76 bits per heavy atom. The maximum Gasteiger partial charge on any atom is 0.401 e. The molecule has 0 radical (unpaired) electrons. The first-order chi connectivity index (χ1) is 7.70. The van der Waals surface area contributed by atoms with Crippen LogP contribution >= 0.6 is 0 Å². The van der Waals surface area contributed by atoms with Crippen LogP contribution < -0.4 is 5.73 Å². The molecule has 0 aromatic carbocycles. The van der Waals surface area contributed by atoms with Crippen molar-refractivity contribution in [1.29, 1.82) is 0 Å². The number of hydrogen-bond donors (Lipinski definition) is 1. The van der Waals surface area contributed by atoms with E-state index in [1.165, 1.54) is 0 Å². The van der Waals surface area contributed by atoms with Gasteiger partial charge in [-0.15, -0.1) is 0 Å². The van der Waals surface area contributed by atoms with Crippen molar-refractivity contribution in [2.24, 2.45) is 5.73 Å². The van der Waals surface area contributed by atoms with Gasteiger partial charge < -0.3 is 5.73 Å². The van der Waals surface area contributed by atoms with Crippen molar-refractivity contribution in [2.75, 3.05) is 37.7 Å². The number of halogens is 3. The molecule has 8 heteroatoms. The molecule has 0 saturated carbocycles. The van der Waals surface area contributed by atoms with E-state index in [4.69, 9.17) is 5.73 Å². The lowest BCUT2D eigenvalue weighted by molar-refractivity contribution is -0.145. The highest BCUT2D eigenvalue weighted by Crippen LogP contribution is 2.16. The predicted octanol–water partition coefficient (Wildman–Crippen LogP) is 0.634. The van der Waals surface area contributed by atoms with E-state index in [0.717, 1.165) is 4.90 Å². The van der Waals surface area contributed by atoms with Crippen LogP contribution in [0.4, 0.5) is 13.2 Å². The molecule has 0 rings (SSSR count). The Bertz CT molecular complexity index is 304. The van der Waals surface area contributed by atoms with Crippen LogP contribution in [0.25, 0.3) is 0 Å². The summed E-state index contributed by atoms with van der Waals surface area (Å²) in [5.41, 5.74) is 5.19. The van der Waals surface area contributed by atoms with Crippen molar-refractivity contribution in [3.05, 3.63) is 0 Å². The van der Waals surface area contributed by atoms with E-state index in [0.29, 0.717) is 6.42 Å². The number of alkyl halides is 3. The summed E-state index contributed by atoms with van der Waals surface area (Å²) in [6.07, 6.45) is -3.86. The van der Waals surface area contributed by atoms with Crippen molar-refractivity contribution in [1.82, 2.24) is 4.90 Å². The summed E-state index contributed by atoms with van der Waals surface area (Å²) >= 11 is 0. The number of sulfone groups is 1. The molecule has 0 atom stereocenters. The van der Waals surface area contributed by atoms with E-state index in [9.17, 15) is 21.6 Å². The molecule has 0 aliphatic carbocycles. The van der Waals surface area contributed by atoms with Crippen LogP contribution in [0.1, 0.15) is 13.3 Å². The second kappa shape index (κ2) is 7.17. The van der Waals surface area contributed by atoms with Gasteiger partial charge >= 0.3 is 6.18 Å². The first-order valence-corrected chi connectivity index (χ1v) is 7.22. The fraction of sp³-hybridized carbons (Fsp3) is 1.00. The highest BCUT2D eigenvalue weighted by atomic mass is 32.2. The molecule has 0 spiro atoms. The monoisotopic (exact) mass is 276 g/mol. The first-order valence-electron chi connectivity index (χ1n) is 5.40. The van der Waals surface area contributed by atoms with E-state index in [2.05, 4.69) is 0 Å². The molecule has 0 aromatic heterocycles. The fourth-order valence-electron chi connectivity index (χ4n) is 1.39. The van der Waals surface area contributed by atoms with Gasteiger partial charge in [0.1, 0.15) is 0 Å². The highest BCUT2D eigenvalue weighted by molar-refractivity contribution is 7.91. The van der Waals surface area contributed by atoms with Crippen molar-refractivity contribution >= 4 is 9.84 Å². The van der Waals surface area contributed by atoms with Crippen molar-refractivity contribution in [2.45, 2.75) is 19.5 Å². The molecule has 0 amide bonds. The zero-order chi connectivity index (χ0) is 13.5. The standard InChI is InChI=1S/C9H19F3N2O2S/c1-2-6-17(15,16)7-5-14(4-3-13)8-9(10,11)12/h2-8,13H2,1H3. The van der Waals surface area contributed by atoms with Crippen molar-refractivity contribution < 1.29 is 21.6 Å². The van der Waals surface area contributed by atoms with Crippen LogP contribution in [0, 0.1) is 0 Å². The van der Waals surface area contributed by atoms with Gasteiger partial charge in [0.15, 0.2) is 9.84 Å². The molecule has 0 aromatic rings. The molecule has 0 fully saturated rings. The Morgan fingerprint density at radius 3 is 2.18 bits per heavy atom. The van der Waals surface area contributed by atoms with Gasteiger partial charge in [-0.2, -0.15) is 13.2 Å². The Balaban J connectivity index is 4.27. The minimum absolute atomic E-state index is 0.00941. The van der Waals surface area contributed by atoms with Gasteiger partial charge in [-0.25, -0.2) is 8.42 Å². The molecular weight excluding hydrogens is 257 g/mol. The molecule has 0 aliphatic rings. The van der Waals surface area contributed by atoms with Gasteiger partial charge in [-0.05, 0) is 6.42 Å². The summed E-state index contributed by atoms with van der Waals surface area (Å²) < 4.78 is 59.2. The van der Waals surface area contributed by atoms with Gasteiger partial charge in [0.05, 0.1) is 12.3 Å². The van der Waals surface area contributed by atoms with Crippen LogP contribution in [-0.2, 0) is 9.84 Å². The zero-order valence-electron chi connectivity index (χ0n) is 9.83. The Hall–Kier alpha value is -0.340. The quantitative estimate of drug-likeness (QED) is 0.706. The van der Waals surface area contributed by atoms with Gasteiger partial charge in [-0.1, -0.05) is 6.92 Å². The number of nitrogens with zero attached hydrogens (tertiary/aromatic N) is 1. The van der Waals surface area contributed by atoms with Crippen LogP contribution in [-0.4, -0.2) is 57.2 Å². The highest BCUT2D eigenvalue weighted by Gasteiger charge is 2.30. The van der Waals surface area contributed by atoms with Crippen molar-refractivity contribution in [3.63, 3.8) is 0 Å². The van der Waals surface area contributed by atoms with E-state index in [1.807, 2.05) is 0 Å². The lowest BCUT2D eigenvalue weighted by Gasteiger charge is -2.22. The molecule has 0 aliphatic heterocycles. The summed E-state index contributed by atoms with van der Waals surface area (Å²) in [6.45, 7) is 0.584. The average molecular weight is 276 g/mol. The lowest BCUT2D eigenvalue weighted by Crippen LogP contribution is -2.40. The summed E-state index contributed by atoms with van der Waals surface area (Å²) in [4.78, 5) is 1.02. The zero-order valence-corrected chi connectivity index (χ0v) is 10.6. The molecule has 0 unspecified atom stereocenters. The van der Waals surface area contributed by atoms with E-state index >= 15 is 0 Å². The van der Waals surface area contributed by atoms with Crippen LogP contribution in [0.15, 0.2) is 0 Å². The topological polar surface area (TPSA) is 63.4 Å². The fourth-order valence-corrected chi connectivity index (χ4v) is 2.75. The summed E-state index contributed by atoms with van der Waals surface area (Å²) in [5.74, 6) is -0.244. The molecule has 2 N–H and O–H groups in total. The van der Waals surface area contributed by atoms with Crippen LogP contribution in [0.3, 0.4) is 0 Å². The largest absolute Gasteiger partial charge is 0.401 e. The molecule has 104 valence electrons. The van der Waals surface area contributed by atoms with E-state index in [-0.39, 0.29) is 31.1 Å². The molecule has 0 heterocycles. The lowest BCUT2D eigenvalue weighted by atomic mass is 10.4. The summed E-state index contributed by atoms with van der Waals surface area (Å²) in [7, 11) is -3.25. The smallest absolute Gasteiger partial charge is 0.329 e. The normalized spacial score (nSPS) is 13.3. The van der Waals surface area contributed by atoms with Crippen LogP contribution in [0.2, 0.25) is 0 Å². The number of hydrogen-bond acceptors (Lipinski definition) is 4. The third kappa shape index (κ3) is 9.37. The second-order valence-electron chi connectivity index (χ2n) is 3.83. The number of nitrogens with two attached hydrogens (primary N) is 1. The SMILES string of the molecule is CCCS(=O)(=O)CCN(CCN)CC(F)(F)F. The average Bonchev–Trinajstić information content (AvgIpc) is 2.12. The van der Waals surface area contributed by atoms with E-state index in [1.54, 1.807) is 6.92 Å². The summed E-state index contributed by atoms with van der Waals surface area (Å²) in [6, 6.07) is 0. The van der Waals surface area contributed by atoms with Gasteiger partial charge in [0, 0.05) is 25.4 Å². The minimum atomic E-state index is -4.33. The second-order valence-corrected chi connectivity index (χ2v) is 6.14. The van der Waals surface area contributed by atoms with Crippen molar-refractivity contribution in [3.8, 4) is 0 Å². The third-order valence-corrected chi connectivity index (χ3v) is 3.92. The third-order valence-electron chi connectivity index (χ3n) is 2.08. The molecule has 4 nitrogen and oxygen atoms in total. The molecule has 17 heavy (non-hydrogen) atoms. The Labute approximate surface area is 99.9 Å².